The number of nitrogens with one attached hydrogen (secondary N) is 1. The maximum Gasteiger partial charge on any atom is 0.420 e. The van der Waals surface area contributed by atoms with Crippen LogP contribution in [0, 0.1) is 0 Å². The highest BCUT2D eigenvalue weighted by Gasteiger charge is 2.13. The molecule has 9 nitrogen and oxygen atoms in total. The Hall–Kier alpha value is -3.75. The van der Waals surface area contributed by atoms with Crippen LogP contribution in [-0.4, -0.2) is 30.2 Å². The summed E-state index contributed by atoms with van der Waals surface area (Å²) in [7, 11) is 1.79. The summed E-state index contributed by atoms with van der Waals surface area (Å²) in [5.41, 5.74) is 3.17. The van der Waals surface area contributed by atoms with Crippen LogP contribution in [0.25, 0.3) is 22.5 Å². The fraction of sp³-hybridized carbons (Fsp3) is 0.167. The van der Waals surface area contributed by atoms with E-state index in [0.717, 1.165) is 5.69 Å². The largest absolute Gasteiger partial charge is 0.420 e. The molecule has 1 N–H and O–H groups in total. The van der Waals surface area contributed by atoms with Gasteiger partial charge in [-0.2, -0.15) is 5.10 Å². The van der Waals surface area contributed by atoms with E-state index < -0.39 is 5.76 Å². The van der Waals surface area contributed by atoms with Crippen LogP contribution in [-0.2, 0) is 24.9 Å². The van der Waals surface area contributed by atoms with Gasteiger partial charge in [-0.15, -0.1) is 0 Å². The number of fused-ring (bicyclic) bond motifs is 1. The van der Waals surface area contributed by atoms with Gasteiger partial charge in [-0.3, -0.25) is 24.0 Å². The van der Waals surface area contributed by atoms with Crippen molar-refractivity contribution in [1.82, 2.24) is 29.6 Å². The van der Waals surface area contributed by atoms with Crippen LogP contribution in [0.5, 0.6) is 0 Å². The van der Waals surface area contributed by atoms with Crippen molar-refractivity contribution in [3.8, 4) is 11.4 Å². The molecule has 4 aromatic rings. The second kappa shape index (κ2) is 6.87. The first kappa shape index (κ1) is 16.7. The number of carbonyl (C=O) groups excluding carboxylic acids is 1. The van der Waals surface area contributed by atoms with Crippen LogP contribution >= 0.6 is 0 Å². The minimum atomic E-state index is -0.558. The van der Waals surface area contributed by atoms with E-state index in [0.29, 0.717) is 22.5 Å². The topological polar surface area (TPSA) is 108 Å². The molecule has 0 unspecified atom stereocenters. The number of para-hydroxylation sites is 2. The summed E-state index contributed by atoms with van der Waals surface area (Å²) >= 11 is 0. The van der Waals surface area contributed by atoms with Crippen molar-refractivity contribution in [3.05, 3.63) is 65.2 Å². The number of nitrogens with zero attached hydrogens (tertiary/aromatic N) is 5. The van der Waals surface area contributed by atoms with Crippen LogP contribution in [0.15, 0.2) is 58.1 Å². The molecule has 1 amide bonds. The van der Waals surface area contributed by atoms with Crippen molar-refractivity contribution in [2.75, 3.05) is 0 Å². The van der Waals surface area contributed by atoms with Gasteiger partial charge in [0.25, 0.3) is 0 Å². The molecule has 4 rings (SSSR count). The number of benzene rings is 1. The summed E-state index contributed by atoms with van der Waals surface area (Å²) in [6.07, 6.45) is 4.81. The van der Waals surface area contributed by atoms with Crippen molar-refractivity contribution < 1.29 is 9.21 Å². The average Bonchev–Trinajstić information content (AvgIpc) is 3.21. The molecule has 0 fully saturated rings. The van der Waals surface area contributed by atoms with Gasteiger partial charge in [-0.1, -0.05) is 12.1 Å². The minimum absolute atomic E-state index is 0.120. The lowest BCUT2D eigenvalue weighted by molar-refractivity contribution is -0.121. The van der Waals surface area contributed by atoms with Gasteiger partial charge in [-0.05, 0) is 18.2 Å². The first-order chi connectivity index (χ1) is 13.1. The van der Waals surface area contributed by atoms with Crippen LogP contribution < -0.4 is 11.1 Å². The number of aromatic nitrogens is 5. The molecule has 0 bridgehead atoms. The Bertz CT molecular complexity index is 1160. The molecule has 9 heteroatoms. The SMILES string of the molecule is Cn1nc(-c2cnccn2)cc1CNC(=O)Cn1c(=O)oc2ccccc21. The maximum atomic E-state index is 12.3. The van der Waals surface area contributed by atoms with Crippen molar-refractivity contribution in [3.63, 3.8) is 0 Å². The van der Waals surface area contributed by atoms with E-state index in [2.05, 4.69) is 20.4 Å². The molecule has 136 valence electrons. The molecule has 0 aliphatic heterocycles. The third-order valence-electron chi connectivity index (χ3n) is 4.14. The smallest absolute Gasteiger partial charge is 0.408 e. The standard InChI is InChI=1S/C18H16N6O3/c1-23-12(8-13(22-23)14-10-19-6-7-20-14)9-21-17(25)11-24-15-4-2-3-5-16(15)27-18(24)26/h2-8,10H,9,11H2,1H3,(H,21,25). The van der Waals surface area contributed by atoms with E-state index in [1.807, 2.05) is 6.07 Å². The second-order valence-electron chi connectivity index (χ2n) is 5.93. The van der Waals surface area contributed by atoms with Crippen LogP contribution in [0.4, 0.5) is 0 Å². The second-order valence-corrected chi connectivity index (χ2v) is 5.93. The number of hydrogen-bond donors (Lipinski definition) is 1. The van der Waals surface area contributed by atoms with Gasteiger partial charge in [0, 0.05) is 19.4 Å². The first-order valence-electron chi connectivity index (χ1n) is 8.26. The van der Waals surface area contributed by atoms with Gasteiger partial charge >= 0.3 is 5.76 Å². The molecule has 0 atom stereocenters. The normalized spacial score (nSPS) is 11.0. The number of amides is 1. The van der Waals surface area contributed by atoms with E-state index in [1.165, 1.54) is 4.57 Å². The van der Waals surface area contributed by atoms with E-state index >= 15 is 0 Å². The molecule has 0 aliphatic carbocycles. The number of hydrogen-bond acceptors (Lipinski definition) is 6. The summed E-state index contributed by atoms with van der Waals surface area (Å²) in [4.78, 5) is 32.5. The monoisotopic (exact) mass is 364 g/mol. The zero-order valence-corrected chi connectivity index (χ0v) is 14.5. The molecular weight excluding hydrogens is 348 g/mol. The van der Waals surface area contributed by atoms with Gasteiger partial charge in [0.05, 0.1) is 24.0 Å². The van der Waals surface area contributed by atoms with Crippen molar-refractivity contribution in [2.24, 2.45) is 7.05 Å². The summed E-state index contributed by atoms with van der Waals surface area (Å²) in [5, 5.41) is 7.18. The van der Waals surface area contributed by atoms with Gasteiger partial charge in [0.1, 0.15) is 17.9 Å². The first-order valence-corrected chi connectivity index (χ1v) is 8.26. The molecule has 0 saturated heterocycles. The zero-order chi connectivity index (χ0) is 18.8. The molecule has 3 heterocycles. The summed E-state index contributed by atoms with van der Waals surface area (Å²) in [5.74, 6) is -0.859. The Morgan fingerprint density at radius 2 is 2.07 bits per heavy atom. The highest BCUT2D eigenvalue weighted by Crippen LogP contribution is 2.15. The predicted octanol–water partition coefficient (Wildman–Crippen LogP) is 1.10. The van der Waals surface area contributed by atoms with Gasteiger partial charge in [-0.25, -0.2) is 4.79 Å². The highest BCUT2D eigenvalue weighted by atomic mass is 16.4. The summed E-state index contributed by atoms with van der Waals surface area (Å²) in [6.45, 7) is 0.151. The molecule has 0 spiro atoms. The molecule has 0 saturated carbocycles. The average molecular weight is 364 g/mol. The third-order valence-corrected chi connectivity index (χ3v) is 4.14. The molecule has 1 aromatic carbocycles. The molecule has 3 aromatic heterocycles. The van der Waals surface area contributed by atoms with Gasteiger partial charge < -0.3 is 9.73 Å². The van der Waals surface area contributed by atoms with Gasteiger partial charge in [0.2, 0.25) is 5.91 Å². The Labute approximate surface area is 153 Å². The number of rotatable bonds is 5. The summed E-state index contributed by atoms with van der Waals surface area (Å²) in [6, 6.07) is 8.82. The van der Waals surface area contributed by atoms with Crippen molar-refractivity contribution in [2.45, 2.75) is 13.1 Å². The van der Waals surface area contributed by atoms with E-state index in [1.54, 1.807) is 54.6 Å². The fourth-order valence-corrected chi connectivity index (χ4v) is 2.78. The van der Waals surface area contributed by atoms with E-state index in [9.17, 15) is 9.59 Å². The lowest BCUT2D eigenvalue weighted by atomic mass is 10.3. The van der Waals surface area contributed by atoms with Crippen LogP contribution in [0.2, 0.25) is 0 Å². The molecule has 0 aliphatic rings. The lowest BCUT2D eigenvalue weighted by Crippen LogP contribution is -2.30. The van der Waals surface area contributed by atoms with E-state index in [-0.39, 0.29) is 19.0 Å². The highest BCUT2D eigenvalue weighted by molar-refractivity contribution is 5.79. The number of carbonyl (C=O) groups is 1. The molecule has 0 radical (unpaired) electrons. The van der Waals surface area contributed by atoms with Crippen molar-refractivity contribution >= 4 is 17.0 Å². The van der Waals surface area contributed by atoms with Gasteiger partial charge in [0.15, 0.2) is 5.58 Å². The minimum Gasteiger partial charge on any atom is -0.408 e. The maximum absolute atomic E-state index is 12.3. The fourth-order valence-electron chi connectivity index (χ4n) is 2.78. The lowest BCUT2D eigenvalue weighted by Gasteiger charge is -2.06. The Morgan fingerprint density at radius 1 is 1.22 bits per heavy atom. The van der Waals surface area contributed by atoms with Crippen LogP contribution in [0.3, 0.4) is 0 Å². The zero-order valence-electron chi connectivity index (χ0n) is 14.5. The Kier molecular flexibility index (Phi) is 4.25. The van der Waals surface area contributed by atoms with E-state index in [4.69, 9.17) is 4.42 Å². The Balaban J connectivity index is 1.46. The van der Waals surface area contributed by atoms with Crippen LogP contribution in [0.1, 0.15) is 5.69 Å². The number of oxazole rings is 1. The molecular formula is C18H16N6O3. The Morgan fingerprint density at radius 3 is 2.89 bits per heavy atom. The quantitative estimate of drug-likeness (QED) is 0.568. The van der Waals surface area contributed by atoms with Crippen molar-refractivity contribution in [1.29, 1.82) is 0 Å². The number of aryl methyl sites for hydroxylation is 1. The molecule has 27 heavy (non-hydrogen) atoms. The summed E-state index contributed by atoms with van der Waals surface area (Å²) < 4.78 is 8.11. The predicted molar refractivity (Wildman–Crippen MR) is 96.6 cm³/mol. The third kappa shape index (κ3) is 3.34.